The normalized spacial score (nSPS) is 23.5. The lowest BCUT2D eigenvalue weighted by molar-refractivity contribution is -0.128. The van der Waals surface area contributed by atoms with Crippen molar-refractivity contribution in [1.82, 2.24) is 30.0 Å². The minimum absolute atomic E-state index is 0.0297. The second kappa shape index (κ2) is 11.3. The summed E-state index contributed by atoms with van der Waals surface area (Å²) in [6.07, 6.45) is 10.4. The van der Waals surface area contributed by atoms with Gasteiger partial charge in [-0.05, 0) is 24.9 Å². The fourth-order valence-electron chi connectivity index (χ4n) is 5.31. The van der Waals surface area contributed by atoms with Gasteiger partial charge in [-0.25, -0.2) is 24.0 Å². The molecule has 1 saturated carbocycles. The number of amidine groups is 1. The minimum atomic E-state index is -1.30. The Kier molecular flexibility index (Phi) is 7.75. The van der Waals surface area contributed by atoms with E-state index >= 15 is 0 Å². The number of fused-ring (bicyclic) bond motifs is 2. The van der Waals surface area contributed by atoms with Crippen molar-refractivity contribution in [3.05, 3.63) is 42.0 Å². The van der Waals surface area contributed by atoms with Gasteiger partial charge >= 0.3 is 0 Å². The molecular formula is C30H37FN8O4S. The molecule has 3 unspecified atom stereocenters. The van der Waals surface area contributed by atoms with E-state index in [1.807, 2.05) is 6.08 Å². The Bertz CT molecular complexity index is 1660. The number of hydrogen-bond donors (Lipinski definition) is 2. The summed E-state index contributed by atoms with van der Waals surface area (Å²) in [6.45, 7) is 8.08. The summed E-state index contributed by atoms with van der Waals surface area (Å²) in [6, 6.07) is 2.16. The van der Waals surface area contributed by atoms with Gasteiger partial charge in [0.15, 0.2) is 11.8 Å². The maximum absolute atomic E-state index is 13.5. The Labute approximate surface area is 256 Å². The molecule has 12 nitrogen and oxygen atoms in total. The predicted octanol–water partition coefficient (Wildman–Crippen LogP) is 4.00. The molecule has 2 fully saturated rings. The molecule has 44 heavy (non-hydrogen) atoms. The molecule has 1 amide bonds. The largest absolute Gasteiger partial charge is 0.510 e. The van der Waals surface area contributed by atoms with Gasteiger partial charge in [0.2, 0.25) is 5.88 Å². The average molecular weight is 625 g/mol. The zero-order valence-corrected chi connectivity index (χ0v) is 26.3. The molecule has 1 saturated heterocycles. The van der Waals surface area contributed by atoms with E-state index in [2.05, 4.69) is 69.6 Å². The molecule has 2 aliphatic heterocycles. The third-order valence-electron chi connectivity index (χ3n) is 8.70. The number of aromatic nitrogens is 4. The predicted molar refractivity (Wildman–Crippen MR) is 165 cm³/mol. The highest BCUT2D eigenvalue weighted by atomic mass is 32.3. The van der Waals surface area contributed by atoms with Crippen LogP contribution >= 0.6 is 10.3 Å². The molecule has 234 valence electrons. The number of nitriles is 1. The van der Waals surface area contributed by atoms with E-state index < -0.39 is 22.3 Å². The Balaban J connectivity index is 1.23. The smallest absolute Gasteiger partial charge is 0.267 e. The molecule has 0 bridgehead atoms. The summed E-state index contributed by atoms with van der Waals surface area (Å²) in [5.74, 6) is -0.0389. The van der Waals surface area contributed by atoms with Crippen LogP contribution in [-0.4, -0.2) is 90.6 Å². The first-order chi connectivity index (χ1) is 20.8. The number of ether oxygens (including phenoxy) is 1. The van der Waals surface area contributed by atoms with Crippen LogP contribution in [0.2, 0.25) is 0 Å². The monoisotopic (exact) mass is 624 g/mol. The van der Waals surface area contributed by atoms with E-state index in [-0.39, 0.29) is 59.5 Å². The lowest BCUT2D eigenvalue weighted by Crippen LogP contribution is -2.58. The van der Waals surface area contributed by atoms with Crippen molar-refractivity contribution in [2.75, 3.05) is 32.1 Å². The van der Waals surface area contributed by atoms with Crippen molar-refractivity contribution in [2.24, 2.45) is 16.8 Å². The number of hydrogen-bond acceptors (Lipinski definition) is 10. The molecular weight excluding hydrogens is 587 g/mol. The highest BCUT2D eigenvalue weighted by Gasteiger charge is 2.45. The van der Waals surface area contributed by atoms with Crippen molar-refractivity contribution < 1.29 is 23.2 Å². The van der Waals surface area contributed by atoms with Crippen molar-refractivity contribution >= 4 is 38.8 Å². The molecule has 0 spiro atoms. The first kappa shape index (κ1) is 30.2. The molecule has 2 N–H and O–H groups in total. The first-order valence-electron chi connectivity index (χ1n) is 14.6. The van der Waals surface area contributed by atoms with Crippen LogP contribution in [0.4, 0.5) is 4.39 Å². The number of halogens is 1. The number of carbonyl (C=O) groups is 1. The summed E-state index contributed by atoms with van der Waals surface area (Å²) in [4.78, 5) is 28.3. The second-order valence-corrected chi connectivity index (χ2v) is 16.8. The van der Waals surface area contributed by atoms with Crippen LogP contribution in [0.15, 0.2) is 47.0 Å². The molecule has 0 aromatic carbocycles. The number of nitrogens with zero attached hydrogens (tertiary/aromatic N) is 7. The van der Waals surface area contributed by atoms with E-state index in [0.717, 1.165) is 12.6 Å². The molecule has 0 radical (unpaired) electrons. The number of aliphatic hydroxyl groups is 1. The molecule has 14 heteroatoms. The summed E-state index contributed by atoms with van der Waals surface area (Å²) >= 11 is 0. The van der Waals surface area contributed by atoms with E-state index in [0.29, 0.717) is 41.2 Å². The summed E-state index contributed by atoms with van der Waals surface area (Å²) in [5, 5.41) is 28.3. The van der Waals surface area contributed by atoms with Crippen LogP contribution < -0.4 is 10.1 Å². The summed E-state index contributed by atoms with van der Waals surface area (Å²) in [5.41, 5.74) is 0.954. The fraction of sp³-hybridized carbons (Fsp3) is 0.533. The van der Waals surface area contributed by atoms with Crippen molar-refractivity contribution in [3.8, 4) is 11.9 Å². The van der Waals surface area contributed by atoms with Gasteiger partial charge in [-0.15, -0.1) is 10.3 Å². The van der Waals surface area contributed by atoms with Gasteiger partial charge in [0, 0.05) is 43.1 Å². The molecule has 4 aliphatic rings. The summed E-state index contributed by atoms with van der Waals surface area (Å²) in [7, 11) is -1.30. The Morgan fingerprint density at radius 2 is 2.07 bits per heavy atom. The van der Waals surface area contributed by atoms with Crippen LogP contribution in [-0.2, 0) is 8.98 Å². The van der Waals surface area contributed by atoms with Gasteiger partial charge in [0.05, 0.1) is 24.1 Å². The second-order valence-electron chi connectivity index (χ2n) is 12.9. The first-order valence-corrected chi connectivity index (χ1v) is 17.0. The topological polar surface area (TPSA) is 151 Å². The van der Waals surface area contributed by atoms with Crippen molar-refractivity contribution in [3.63, 3.8) is 0 Å². The minimum Gasteiger partial charge on any atom is -0.510 e. The molecule has 2 aromatic rings. The van der Waals surface area contributed by atoms with Gasteiger partial charge in [-0.3, -0.25) is 9.69 Å². The third-order valence-corrected chi connectivity index (χ3v) is 12.4. The molecule has 3 atom stereocenters. The van der Waals surface area contributed by atoms with E-state index in [1.54, 1.807) is 0 Å². The zero-order chi connectivity index (χ0) is 31.4. The average Bonchev–Trinajstić information content (AvgIpc) is 3.62. The van der Waals surface area contributed by atoms with Crippen LogP contribution in [0.1, 0.15) is 40.0 Å². The van der Waals surface area contributed by atoms with Crippen molar-refractivity contribution in [2.45, 2.75) is 57.0 Å². The standard InChI is InChI=1S/C30H37FN8O4S/c1-30(2,3)44(4,5)43-20-13-38(14-20)15-23(28(41)37-24-7-6-19(31)11-33-24)42-29-22-12-36-39(27(22)34-16-35-29)25-18(10-32)8-17-9-21(17)26(25)40/h8,11-12,16-17,20-21,23,40H,6-7,9,13-15H2,1-5H3,(H,33,37,41). The number of aliphatic imine (C=N–C) groups is 1. The van der Waals surface area contributed by atoms with E-state index in [1.165, 1.54) is 17.2 Å². The highest BCUT2D eigenvalue weighted by molar-refractivity contribution is 8.29. The number of likely N-dealkylation sites (tertiary alicyclic amines) is 1. The Hall–Kier alpha value is -3.80. The number of nitrogens with one attached hydrogen (secondary N) is 1. The number of carbonyl (C=O) groups excluding carboxylic acids is 1. The van der Waals surface area contributed by atoms with E-state index in [4.69, 9.17) is 8.92 Å². The van der Waals surface area contributed by atoms with Crippen LogP contribution in [0.25, 0.3) is 16.7 Å². The molecule has 2 aliphatic carbocycles. The lowest BCUT2D eigenvalue weighted by atomic mass is 10.0. The molecule has 2 aromatic heterocycles. The summed E-state index contributed by atoms with van der Waals surface area (Å²) < 4.78 is 27.7. The SMILES string of the molecule is CC(C)(C)S(C)(C)OC1CN(CC(Oc2ncnc3c2cnn3C2=C(O)C3CC3C=C2C#N)C(=O)NC2=NC=C(F)CC2)C1. The van der Waals surface area contributed by atoms with Crippen LogP contribution in [0, 0.1) is 23.2 Å². The van der Waals surface area contributed by atoms with Crippen molar-refractivity contribution in [1.29, 1.82) is 5.26 Å². The maximum Gasteiger partial charge on any atom is 0.267 e. The Morgan fingerprint density at radius 1 is 1.30 bits per heavy atom. The van der Waals surface area contributed by atoms with Gasteiger partial charge in [-0.1, -0.05) is 26.8 Å². The number of allylic oxidation sites excluding steroid dienone is 5. The Morgan fingerprint density at radius 3 is 2.75 bits per heavy atom. The van der Waals surface area contributed by atoms with Gasteiger partial charge in [0.1, 0.15) is 40.9 Å². The van der Waals surface area contributed by atoms with Crippen LogP contribution in [0.5, 0.6) is 5.88 Å². The fourth-order valence-corrected chi connectivity index (χ4v) is 6.40. The number of aliphatic hydroxyl groups excluding tert-OH is 1. The van der Waals surface area contributed by atoms with Crippen LogP contribution in [0.3, 0.4) is 0 Å². The third kappa shape index (κ3) is 5.83. The maximum atomic E-state index is 13.5. The van der Waals surface area contributed by atoms with Gasteiger partial charge in [-0.2, -0.15) is 10.4 Å². The number of amides is 1. The molecule has 6 rings (SSSR count). The highest BCUT2D eigenvalue weighted by Crippen LogP contribution is 2.55. The number of rotatable bonds is 8. The van der Waals surface area contributed by atoms with Gasteiger partial charge < -0.3 is 19.3 Å². The lowest BCUT2D eigenvalue weighted by Gasteiger charge is -2.50. The molecule has 4 heterocycles. The zero-order valence-electron chi connectivity index (χ0n) is 25.5. The van der Waals surface area contributed by atoms with E-state index in [9.17, 15) is 19.6 Å². The van der Waals surface area contributed by atoms with Gasteiger partial charge in [0.25, 0.3) is 5.91 Å². The quantitative estimate of drug-likeness (QED) is 0.444.